The molecule has 0 bridgehead atoms. The van der Waals surface area contributed by atoms with Crippen LogP contribution in [0.2, 0.25) is 0 Å². The summed E-state index contributed by atoms with van der Waals surface area (Å²) in [6.45, 7) is 2.94. The maximum Gasteiger partial charge on any atom is 0.151 e. The Morgan fingerprint density at radius 1 is 1.62 bits per heavy atom. The fraction of sp³-hybridized carbons (Fsp3) is 1.00. The number of halogens is 1. The van der Waals surface area contributed by atoms with Crippen molar-refractivity contribution in [3.8, 4) is 0 Å². The van der Waals surface area contributed by atoms with Crippen LogP contribution in [0.25, 0.3) is 0 Å². The van der Waals surface area contributed by atoms with Gasteiger partial charge in [0.15, 0.2) is 6.30 Å². The van der Waals surface area contributed by atoms with E-state index >= 15 is 0 Å². The Morgan fingerprint density at radius 2 is 2.38 bits per heavy atom. The lowest BCUT2D eigenvalue weighted by Gasteiger charge is -2.21. The van der Waals surface area contributed by atoms with Gasteiger partial charge in [-0.1, -0.05) is 6.92 Å². The van der Waals surface area contributed by atoms with E-state index < -0.39 is 6.30 Å². The third-order valence-electron chi connectivity index (χ3n) is 1.61. The Morgan fingerprint density at radius 3 is 2.75 bits per heavy atom. The summed E-state index contributed by atoms with van der Waals surface area (Å²) in [4.78, 5) is 0. The predicted molar refractivity (Wildman–Crippen MR) is 31.3 cm³/mol. The molecule has 1 aliphatic rings. The van der Waals surface area contributed by atoms with Crippen LogP contribution in [0.1, 0.15) is 19.8 Å². The summed E-state index contributed by atoms with van der Waals surface area (Å²) in [6, 6.07) is 0. The highest BCUT2D eigenvalue weighted by Crippen LogP contribution is 2.14. The largest absolute Gasteiger partial charge is 0.288 e. The quantitative estimate of drug-likeness (QED) is 0.471. The molecule has 0 saturated carbocycles. The molecule has 1 fully saturated rings. The minimum absolute atomic E-state index is 0.575. The first-order valence-electron chi connectivity index (χ1n) is 3.16. The minimum atomic E-state index is -0.737. The monoisotopic (exact) mass is 117 g/mol. The van der Waals surface area contributed by atoms with Crippen LogP contribution in [0, 0.1) is 5.92 Å². The van der Waals surface area contributed by atoms with Crippen molar-refractivity contribution in [1.29, 1.82) is 0 Å². The van der Waals surface area contributed by atoms with Crippen LogP contribution < -0.4 is 5.32 Å². The maximum absolute atomic E-state index is 12.3. The van der Waals surface area contributed by atoms with E-state index in [1.165, 1.54) is 0 Å². The normalized spacial score (nSPS) is 39.8. The van der Waals surface area contributed by atoms with E-state index in [-0.39, 0.29) is 0 Å². The minimum Gasteiger partial charge on any atom is -0.288 e. The van der Waals surface area contributed by atoms with Crippen LogP contribution in [-0.2, 0) is 0 Å². The molecule has 1 rings (SSSR count). The molecule has 0 radical (unpaired) electrons. The van der Waals surface area contributed by atoms with Gasteiger partial charge in [-0.25, -0.2) is 4.39 Å². The molecule has 1 nitrogen and oxygen atoms in total. The van der Waals surface area contributed by atoms with Crippen LogP contribution >= 0.6 is 0 Å². The van der Waals surface area contributed by atoms with E-state index in [0.29, 0.717) is 12.3 Å². The second kappa shape index (κ2) is 2.44. The fourth-order valence-corrected chi connectivity index (χ4v) is 1.04. The molecule has 1 heterocycles. The first kappa shape index (κ1) is 6.02. The molecular formula is C6H12FN. The number of hydrogen-bond acceptors (Lipinski definition) is 1. The fourth-order valence-electron chi connectivity index (χ4n) is 1.04. The first-order chi connectivity index (χ1) is 3.79. The van der Waals surface area contributed by atoms with Crippen molar-refractivity contribution < 1.29 is 4.39 Å². The Bertz CT molecular complexity index is 66.9. The van der Waals surface area contributed by atoms with Crippen LogP contribution in [-0.4, -0.2) is 12.8 Å². The SMILES string of the molecule is CC1CCNC(F)C1. The molecule has 0 aliphatic carbocycles. The highest BCUT2D eigenvalue weighted by atomic mass is 19.1. The van der Waals surface area contributed by atoms with Gasteiger partial charge < -0.3 is 0 Å². The average molecular weight is 117 g/mol. The summed E-state index contributed by atoms with van der Waals surface area (Å²) in [6.07, 6.45) is 1.08. The Kier molecular flexibility index (Phi) is 1.84. The third-order valence-corrected chi connectivity index (χ3v) is 1.61. The highest BCUT2D eigenvalue weighted by molar-refractivity contribution is 4.67. The smallest absolute Gasteiger partial charge is 0.151 e. The van der Waals surface area contributed by atoms with Gasteiger partial charge in [0, 0.05) is 0 Å². The van der Waals surface area contributed by atoms with E-state index in [0.717, 1.165) is 13.0 Å². The Labute approximate surface area is 49.3 Å². The van der Waals surface area contributed by atoms with Gasteiger partial charge in [0.2, 0.25) is 0 Å². The van der Waals surface area contributed by atoms with Crippen molar-refractivity contribution in [3.63, 3.8) is 0 Å². The topological polar surface area (TPSA) is 12.0 Å². The summed E-state index contributed by atoms with van der Waals surface area (Å²) < 4.78 is 12.3. The summed E-state index contributed by atoms with van der Waals surface area (Å²) >= 11 is 0. The summed E-state index contributed by atoms with van der Waals surface area (Å²) in [7, 11) is 0. The molecule has 0 spiro atoms. The molecule has 0 aromatic heterocycles. The van der Waals surface area contributed by atoms with E-state index in [4.69, 9.17) is 0 Å². The van der Waals surface area contributed by atoms with E-state index in [2.05, 4.69) is 12.2 Å². The summed E-state index contributed by atoms with van der Waals surface area (Å²) in [5, 5.41) is 2.75. The molecule has 0 aromatic rings. The first-order valence-corrected chi connectivity index (χ1v) is 3.16. The van der Waals surface area contributed by atoms with Gasteiger partial charge in [0.05, 0.1) is 0 Å². The molecule has 1 N–H and O–H groups in total. The third kappa shape index (κ3) is 1.44. The van der Waals surface area contributed by atoms with Crippen LogP contribution in [0.5, 0.6) is 0 Å². The van der Waals surface area contributed by atoms with Gasteiger partial charge in [0.25, 0.3) is 0 Å². The van der Waals surface area contributed by atoms with Gasteiger partial charge >= 0.3 is 0 Å². The molecule has 1 aliphatic heterocycles. The summed E-state index contributed by atoms with van der Waals surface area (Å²) in [5.41, 5.74) is 0. The lowest BCUT2D eigenvalue weighted by molar-refractivity contribution is 0.185. The standard InChI is InChI=1S/C6H12FN/c1-5-2-3-8-6(7)4-5/h5-6,8H,2-4H2,1H3. The molecule has 0 aromatic carbocycles. The van der Waals surface area contributed by atoms with Crippen LogP contribution in [0.15, 0.2) is 0 Å². The van der Waals surface area contributed by atoms with Crippen molar-refractivity contribution in [3.05, 3.63) is 0 Å². The molecule has 2 heteroatoms. The number of nitrogens with one attached hydrogen (secondary N) is 1. The maximum atomic E-state index is 12.3. The highest BCUT2D eigenvalue weighted by Gasteiger charge is 2.15. The molecule has 8 heavy (non-hydrogen) atoms. The van der Waals surface area contributed by atoms with Crippen LogP contribution in [0.3, 0.4) is 0 Å². The van der Waals surface area contributed by atoms with Crippen molar-refractivity contribution in [1.82, 2.24) is 5.32 Å². The molecular weight excluding hydrogens is 105 g/mol. The van der Waals surface area contributed by atoms with Gasteiger partial charge in [0.1, 0.15) is 0 Å². The number of piperidine rings is 1. The number of alkyl halides is 1. The summed E-state index contributed by atoms with van der Waals surface area (Å²) in [5.74, 6) is 0.575. The number of rotatable bonds is 0. The average Bonchev–Trinajstić information content (AvgIpc) is 1.64. The zero-order chi connectivity index (χ0) is 5.98. The van der Waals surface area contributed by atoms with Crippen molar-refractivity contribution in [2.75, 3.05) is 6.54 Å². The van der Waals surface area contributed by atoms with Gasteiger partial charge in [-0.15, -0.1) is 0 Å². The van der Waals surface area contributed by atoms with E-state index in [9.17, 15) is 4.39 Å². The zero-order valence-corrected chi connectivity index (χ0v) is 5.15. The molecule has 2 unspecified atom stereocenters. The van der Waals surface area contributed by atoms with Crippen molar-refractivity contribution in [2.24, 2.45) is 5.92 Å². The lowest BCUT2D eigenvalue weighted by Crippen LogP contribution is -2.33. The zero-order valence-electron chi connectivity index (χ0n) is 5.15. The van der Waals surface area contributed by atoms with Gasteiger partial charge in [-0.2, -0.15) is 0 Å². The predicted octanol–water partition coefficient (Wildman–Crippen LogP) is 1.30. The number of hydrogen-bond donors (Lipinski definition) is 1. The Hall–Kier alpha value is -0.110. The second-order valence-electron chi connectivity index (χ2n) is 2.55. The molecule has 48 valence electrons. The van der Waals surface area contributed by atoms with Crippen molar-refractivity contribution in [2.45, 2.75) is 26.1 Å². The van der Waals surface area contributed by atoms with Gasteiger partial charge in [-0.05, 0) is 25.3 Å². The Balaban J connectivity index is 2.23. The molecule has 2 atom stereocenters. The second-order valence-corrected chi connectivity index (χ2v) is 2.55. The van der Waals surface area contributed by atoms with Crippen molar-refractivity contribution >= 4 is 0 Å². The van der Waals surface area contributed by atoms with Crippen LogP contribution in [0.4, 0.5) is 4.39 Å². The van der Waals surface area contributed by atoms with E-state index in [1.807, 2.05) is 0 Å². The lowest BCUT2D eigenvalue weighted by atomic mass is 10.0. The van der Waals surface area contributed by atoms with Gasteiger partial charge in [-0.3, -0.25) is 5.32 Å². The molecule has 1 saturated heterocycles. The van der Waals surface area contributed by atoms with E-state index in [1.54, 1.807) is 0 Å². The molecule has 0 amide bonds.